The molecule has 72 valence electrons. The van der Waals surface area contributed by atoms with Gasteiger partial charge in [0.25, 0.3) is 0 Å². The van der Waals surface area contributed by atoms with Crippen molar-refractivity contribution in [1.82, 2.24) is 0 Å². The number of hydrogen-bond donors (Lipinski definition) is 1. The van der Waals surface area contributed by atoms with Crippen LogP contribution >= 0.6 is 0 Å². The maximum Gasteiger partial charge on any atom is 0.400 e. The summed E-state index contributed by atoms with van der Waals surface area (Å²) in [5, 5.41) is 8.77. The van der Waals surface area contributed by atoms with Gasteiger partial charge in [0, 0.05) is 7.11 Å². The molecular formula is C6H9F3O3. The standard InChI is InChI=1S/C6H9F3O3/c1-12-3-5(11)4(2-10)6(7,8)9/h2,4-5,11H,3H2,1H3/t4-,5+/m0/s1. The topological polar surface area (TPSA) is 46.5 Å². The van der Waals surface area contributed by atoms with Crippen molar-refractivity contribution >= 4 is 6.29 Å². The zero-order chi connectivity index (χ0) is 9.78. The zero-order valence-electron chi connectivity index (χ0n) is 6.34. The minimum atomic E-state index is -4.71. The number of halogens is 3. The lowest BCUT2D eigenvalue weighted by Crippen LogP contribution is -2.37. The molecule has 2 atom stereocenters. The molecule has 0 spiro atoms. The Labute approximate surface area is 67.1 Å². The van der Waals surface area contributed by atoms with Gasteiger partial charge in [0.05, 0.1) is 12.7 Å². The van der Waals surface area contributed by atoms with Crippen molar-refractivity contribution in [3.8, 4) is 0 Å². The van der Waals surface area contributed by atoms with Gasteiger partial charge in [0.15, 0.2) is 0 Å². The molecule has 0 aromatic heterocycles. The molecule has 3 nitrogen and oxygen atoms in total. The van der Waals surface area contributed by atoms with Crippen molar-refractivity contribution < 1.29 is 27.8 Å². The fourth-order valence-electron chi connectivity index (χ4n) is 0.660. The Kier molecular flexibility index (Phi) is 4.19. The molecule has 0 amide bonds. The number of hydrogen-bond acceptors (Lipinski definition) is 3. The number of rotatable bonds is 4. The number of alkyl halides is 3. The van der Waals surface area contributed by atoms with Crippen LogP contribution in [0.4, 0.5) is 13.2 Å². The van der Waals surface area contributed by atoms with E-state index >= 15 is 0 Å². The van der Waals surface area contributed by atoms with Gasteiger partial charge in [-0.15, -0.1) is 0 Å². The molecule has 0 aliphatic carbocycles. The summed E-state index contributed by atoms with van der Waals surface area (Å²) < 4.78 is 39.8. The van der Waals surface area contributed by atoms with Crippen LogP contribution in [0.3, 0.4) is 0 Å². The summed E-state index contributed by atoms with van der Waals surface area (Å²) in [5.41, 5.74) is 0. The Balaban J connectivity index is 4.24. The van der Waals surface area contributed by atoms with Crippen LogP contribution in [0.15, 0.2) is 0 Å². The molecule has 0 aliphatic rings. The van der Waals surface area contributed by atoms with Crippen LogP contribution < -0.4 is 0 Å². The molecule has 0 fully saturated rings. The fourth-order valence-corrected chi connectivity index (χ4v) is 0.660. The summed E-state index contributed by atoms with van der Waals surface area (Å²) in [6.45, 7) is -0.511. The maximum atomic E-state index is 11.8. The van der Waals surface area contributed by atoms with Crippen molar-refractivity contribution in [2.75, 3.05) is 13.7 Å². The molecular weight excluding hydrogens is 177 g/mol. The number of carbonyl (C=O) groups excluding carboxylic acids is 1. The van der Waals surface area contributed by atoms with E-state index in [1.165, 1.54) is 0 Å². The van der Waals surface area contributed by atoms with Crippen LogP contribution in [0.25, 0.3) is 0 Å². The van der Waals surface area contributed by atoms with Gasteiger partial charge in [-0.25, -0.2) is 0 Å². The molecule has 0 aromatic carbocycles. The van der Waals surface area contributed by atoms with Crippen LogP contribution in [-0.2, 0) is 9.53 Å². The quantitative estimate of drug-likeness (QED) is 0.645. The van der Waals surface area contributed by atoms with Crippen LogP contribution in [-0.4, -0.2) is 37.4 Å². The normalized spacial score (nSPS) is 17.1. The van der Waals surface area contributed by atoms with E-state index in [0.717, 1.165) is 7.11 Å². The Hall–Kier alpha value is -0.620. The Morgan fingerprint density at radius 1 is 1.58 bits per heavy atom. The van der Waals surface area contributed by atoms with Crippen molar-refractivity contribution in [1.29, 1.82) is 0 Å². The molecule has 12 heavy (non-hydrogen) atoms. The van der Waals surface area contributed by atoms with Gasteiger partial charge in [-0.05, 0) is 0 Å². The number of methoxy groups -OCH3 is 1. The number of aliphatic hydroxyl groups is 1. The summed E-state index contributed by atoms with van der Waals surface area (Å²) in [6, 6.07) is 0. The van der Waals surface area contributed by atoms with E-state index in [1.807, 2.05) is 0 Å². The largest absolute Gasteiger partial charge is 0.400 e. The molecule has 6 heteroatoms. The average molecular weight is 186 g/mol. The summed E-state index contributed by atoms with van der Waals surface area (Å²) in [4.78, 5) is 9.93. The minimum absolute atomic E-state index is 0.330. The second-order valence-corrected chi connectivity index (χ2v) is 2.23. The van der Waals surface area contributed by atoms with Crippen LogP contribution in [0.1, 0.15) is 0 Å². The van der Waals surface area contributed by atoms with E-state index in [-0.39, 0.29) is 6.29 Å². The highest BCUT2D eigenvalue weighted by Crippen LogP contribution is 2.27. The van der Waals surface area contributed by atoms with Gasteiger partial charge in [0.2, 0.25) is 0 Å². The third-order valence-electron chi connectivity index (χ3n) is 1.28. The molecule has 0 heterocycles. The van der Waals surface area contributed by atoms with Crippen LogP contribution in [0.5, 0.6) is 0 Å². The van der Waals surface area contributed by atoms with Crippen molar-refractivity contribution in [2.45, 2.75) is 12.3 Å². The predicted octanol–water partition coefficient (Wildman–Crippen LogP) is 0.371. The molecule has 1 N–H and O–H groups in total. The zero-order valence-corrected chi connectivity index (χ0v) is 6.34. The van der Waals surface area contributed by atoms with E-state index < -0.39 is 24.8 Å². The SMILES string of the molecule is COC[C@@H](O)[C@H](C=O)C(F)(F)F. The second kappa shape index (κ2) is 4.42. The van der Waals surface area contributed by atoms with E-state index in [1.54, 1.807) is 0 Å². The Morgan fingerprint density at radius 3 is 2.33 bits per heavy atom. The lowest BCUT2D eigenvalue weighted by molar-refractivity contribution is -0.198. The first-order valence-electron chi connectivity index (χ1n) is 3.12. The van der Waals surface area contributed by atoms with Crippen molar-refractivity contribution in [3.63, 3.8) is 0 Å². The van der Waals surface area contributed by atoms with Gasteiger partial charge in [-0.2, -0.15) is 13.2 Å². The number of aliphatic hydroxyl groups excluding tert-OH is 1. The molecule has 0 bridgehead atoms. The van der Waals surface area contributed by atoms with Crippen LogP contribution in [0.2, 0.25) is 0 Å². The summed E-state index contributed by atoms with van der Waals surface area (Å²) in [7, 11) is 1.14. The minimum Gasteiger partial charge on any atom is -0.390 e. The number of ether oxygens (including phenoxy) is 1. The molecule has 0 radical (unpaired) electrons. The van der Waals surface area contributed by atoms with Gasteiger partial charge in [-0.1, -0.05) is 0 Å². The third kappa shape index (κ3) is 3.19. The molecule has 0 unspecified atom stereocenters. The predicted molar refractivity (Wildman–Crippen MR) is 33.5 cm³/mol. The molecule has 0 aliphatic heterocycles. The first kappa shape index (κ1) is 11.4. The summed E-state index contributed by atoms with van der Waals surface area (Å²) in [5.74, 6) is -2.36. The van der Waals surface area contributed by atoms with E-state index in [2.05, 4.69) is 4.74 Å². The van der Waals surface area contributed by atoms with Gasteiger partial charge in [0.1, 0.15) is 12.2 Å². The summed E-state index contributed by atoms with van der Waals surface area (Å²) >= 11 is 0. The highest BCUT2D eigenvalue weighted by Gasteiger charge is 2.44. The maximum absolute atomic E-state index is 11.8. The van der Waals surface area contributed by atoms with Crippen molar-refractivity contribution in [3.05, 3.63) is 0 Å². The molecule has 0 saturated heterocycles. The Morgan fingerprint density at radius 2 is 2.08 bits per heavy atom. The first-order valence-corrected chi connectivity index (χ1v) is 3.12. The lowest BCUT2D eigenvalue weighted by atomic mass is 10.1. The highest BCUT2D eigenvalue weighted by atomic mass is 19.4. The molecule has 0 rings (SSSR count). The van der Waals surface area contributed by atoms with E-state index in [0.29, 0.717) is 0 Å². The lowest BCUT2D eigenvalue weighted by Gasteiger charge is -2.19. The number of carbonyl (C=O) groups is 1. The monoisotopic (exact) mass is 186 g/mol. The first-order chi connectivity index (χ1) is 5.43. The van der Waals surface area contributed by atoms with E-state index in [4.69, 9.17) is 5.11 Å². The molecule has 0 saturated carbocycles. The molecule has 0 aromatic rings. The third-order valence-corrected chi connectivity index (χ3v) is 1.28. The number of aldehydes is 1. The highest BCUT2D eigenvalue weighted by molar-refractivity contribution is 5.55. The van der Waals surface area contributed by atoms with Gasteiger partial charge < -0.3 is 14.6 Å². The average Bonchev–Trinajstić information content (AvgIpc) is 1.85. The smallest absolute Gasteiger partial charge is 0.390 e. The van der Waals surface area contributed by atoms with Gasteiger partial charge >= 0.3 is 6.18 Å². The van der Waals surface area contributed by atoms with Crippen LogP contribution in [0, 0.1) is 5.92 Å². The fraction of sp³-hybridized carbons (Fsp3) is 0.833. The van der Waals surface area contributed by atoms with Gasteiger partial charge in [-0.3, -0.25) is 0 Å². The van der Waals surface area contributed by atoms with Crippen molar-refractivity contribution in [2.24, 2.45) is 5.92 Å². The Bertz CT molecular complexity index is 145. The van der Waals surface area contributed by atoms with E-state index in [9.17, 15) is 18.0 Å². The summed E-state index contributed by atoms with van der Waals surface area (Å²) in [6.07, 6.45) is -6.86. The second-order valence-electron chi connectivity index (χ2n) is 2.23.